The lowest BCUT2D eigenvalue weighted by Gasteiger charge is -2.18. The molecule has 0 bridgehead atoms. The standard InChI is InChI=1S/C27H28N4O5S2/c1-17(2)19-11-13-21(14-12-19)37(33,34)30-24(27-28-22-5-3-4-6-23(22)29-27)15-18-7-9-20(10-8-18)25-16-26(32)31-38(25,35)36/h3-14,17,24-25,30H,15-16H2,1-2H3,(H,28,29)(H,31,32)/t24-,25?/m0/s1. The van der Waals surface area contributed by atoms with Crippen molar-refractivity contribution in [3.63, 3.8) is 0 Å². The lowest BCUT2D eigenvalue weighted by Crippen LogP contribution is -2.31. The van der Waals surface area contributed by atoms with E-state index in [2.05, 4.69) is 14.7 Å². The first kappa shape index (κ1) is 26.1. The van der Waals surface area contributed by atoms with E-state index in [0.29, 0.717) is 16.9 Å². The minimum absolute atomic E-state index is 0.126. The third-order valence-electron chi connectivity index (χ3n) is 6.69. The molecular formula is C27H28N4O5S2. The molecule has 3 aromatic carbocycles. The summed E-state index contributed by atoms with van der Waals surface area (Å²) in [7, 11) is -7.64. The quantitative estimate of drug-likeness (QED) is 0.304. The number of aromatic nitrogens is 2. The van der Waals surface area contributed by atoms with Gasteiger partial charge in [0.15, 0.2) is 0 Å². The second-order valence-corrected chi connectivity index (χ2v) is 13.3. The van der Waals surface area contributed by atoms with Gasteiger partial charge in [0, 0.05) is 0 Å². The van der Waals surface area contributed by atoms with E-state index in [1.165, 1.54) is 0 Å². The van der Waals surface area contributed by atoms with Crippen molar-refractivity contribution in [3.05, 3.63) is 95.3 Å². The maximum Gasteiger partial charge on any atom is 0.242 e. The molecule has 198 valence electrons. The van der Waals surface area contributed by atoms with Gasteiger partial charge in [-0.25, -0.2) is 26.5 Å². The molecule has 1 unspecified atom stereocenters. The molecule has 1 aromatic heterocycles. The van der Waals surface area contributed by atoms with E-state index >= 15 is 0 Å². The van der Waals surface area contributed by atoms with Gasteiger partial charge in [0.2, 0.25) is 26.0 Å². The summed E-state index contributed by atoms with van der Waals surface area (Å²) in [5.74, 6) is 0.213. The number of H-pyrrole nitrogens is 1. The molecule has 0 radical (unpaired) electrons. The minimum Gasteiger partial charge on any atom is -0.341 e. The number of aromatic amines is 1. The molecular weight excluding hydrogens is 524 g/mol. The minimum atomic E-state index is -3.89. The van der Waals surface area contributed by atoms with E-state index in [0.717, 1.165) is 16.6 Å². The number of rotatable bonds is 8. The monoisotopic (exact) mass is 552 g/mol. The van der Waals surface area contributed by atoms with Gasteiger partial charge in [0.1, 0.15) is 11.1 Å². The van der Waals surface area contributed by atoms with E-state index in [1.807, 2.05) is 55.0 Å². The largest absolute Gasteiger partial charge is 0.341 e. The topological polar surface area (TPSA) is 138 Å². The molecule has 1 amide bonds. The highest BCUT2D eigenvalue weighted by Crippen LogP contribution is 2.31. The molecule has 9 nitrogen and oxygen atoms in total. The number of hydrogen-bond donors (Lipinski definition) is 3. The van der Waals surface area contributed by atoms with E-state index < -0.39 is 37.2 Å². The predicted molar refractivity (Wildman–Crippen MR) is 144 cm³/mol. The number of nitrogens with zero attached hydrogens (tertiary/aromatic N) is 1. The van der Waals surface area contributed by atoms with Gasteiger partial charge in [-0.05, 0) is 53.3 Å². The average Bonchev–Trinajstić information content (AvgIpc) is 3.43. The van der Waals surface area contributed by atoms with Crippen LogP contribution in [0.1, 0.15) is 60.0 Å². The zero-order valence-corrected chi connectivity index (χ0v) is 22.5. The van der Waals surface area contributed by atoms with Crippen LogP contribution in [0.3, 0.4) is 0 Å². The van der Waals surface area contributed by atoms with Crippen molar-refractivity contribution in [1.29, 1.82) is 0 Å². The molecule has 5 rings (SSSR count). The Morgan fingerprint density at radius 2 is 1.68 bits per heavy atom. The molecule has 11 heteroatoms. The maximum atomic E-state index is 13.4. The first-order chi connectivity index (χ1) is 18.0. The summed E-state index contributed by atoms with van der Waals surface area (Å²) >= 11 is 0. The summed E-state index contributed by atoms with van der Waals surface area (Å²) < 4.78 is 56.0. The number of imidazole rings is 1. The zero-order valence-electron chi connectivity index (χ0n) is 20.9. The fraction of sp³-hybridized carbons (Fsp3) is 0.259. The predicted octanol–water partition coefficient (Wildman–Crippen LogP) is 3.84. The van der Waals surface area contributed by atoms with E-state index in [9.17, 15) is 21.6 Å². The number of carbonyl (C=O) groups excluding carboxylic acids is 1. The van der Waals surface area contributed by atoms with E-state index in [1.54, 1.807) is 36.4 Å². The van der Waals surface area contributed by atoms with Crippen molar-refractivity contribution in [3.8, 4) is 0 Å². The van der Waals surface area contributed by atoms with Crippen LogP contribution in [-0.2, 0) is 31.3 Å². The van der Waals surface area contributed by atoms with Crippen LogP contribution in [0.5, 0.6) is 0 Å². The molecule has 2 atom stereocenters. The van der Waals surface area contributed by atoms with Crippen molar-refractivity contribution >= 4 is 37.0 Å². The Bertz CT molecular complexity index is 1660. The summed E-state index contributed by atoms with van der Waals surface area (Å²) in [5, 5.41) is -0.942. The molecule has 1 aliphatic heterocycles. The Balaban J connectivity index is 1.45. The Morgan fingerprint density at radius 1 is 1.00 bits per heavy atom. The summed E-state index contributed by atoms with van der Waals surface area (Å²) in [6.45, 7) is 4.09. The first-order valence-electron chi connectivity index (χ1n) is 12.2. The summed E-state index contributed by atoms with van der Waals surface area (Å²) in [4.78, 5) is 19.6. The molecule has 38 heavy (non-hydrogen) atoms. The van der Waals surface area contributed by atoms with Gasteiger partial charge in [-0.15, -0.1) is 0 Å². The number of amides is 1. The van der Waals surface area contributed by atoms with Crippen molar-refractivity contribution < 1.29 is 21.6 Å². The number of carbonyl (C=O) groups is 1. The van der Waals surface area contributed by atoms with Gasteiger partial charge in [0.25, 0.3) is 0 Å². The molecule has 1 saturated heterocycles. The first-order valence-corrected chi connectivity index (χ1v) is 15.2. The summed E-state index contributed by atoms with van der Waals surface area (Å²) in [5.41, 5.74) is 3.81. The highest BCUT2D eigenvalue weighted by atomic mass is 32.2. The molecule has 2 heterocycles. The van der Waals surface area contributed by atoms with E-state index in [4.69, 9.17) is 0 Å². The van der Waals surface area contributed by atoms with Crippen LogP contribution in [-0.4, -0.2) is 32.7 Å². The van der Waals surface area contributed by atoms with E-state index in [-0.39, 0.29) is 23.7 Å². The summed E-state index contributed by atoms with van der Waals surface area (Å²) in [6.07, 6.45) is 0.136. The second-order valence-electron chi connectivity index (χ2n) is 9.75. The van der Waals surface area contributed by atoms with Crippen molar-refractivity contribution in [1.82, 2.24) is 19.4 Å². The van der Waals surface area contributed by atoms with Gasteiger partial charge in [0.05, 0.1) is 28.4 Å². The molecule has 0 aliphatic carbocycles. The number of nitrogens with one attached hydrogen (secondary N) is 3. The smallest absolute Gasteiger partial charge is 0.242 e. The lowest BCUT2D eigenvalue weighted by molar-refractivity contribution is -0.118. The number of para-hydroxylation sites is 2. The van der Waals surface area contributed by atoms with Crippen LogP contribution >= 0.6 is 0 Å². The highest BCUT2D eigenvalue weighted by molar-refractivity contribution is 7.90. The third-order valence-corrected chi connectivity index (χ3v) is 9.87. The second kappa shape index (κ2) is 9.97. The van der Waals surface area contributed by atoms with Crippen LogP contribution in [0.4, 0.5) is 0 Å². The van der Waals surface area contributed by atoms with Crippen LogP contribution in [0.15, 0.2) is 77.7 Å². The molecule has 1 aliphatic rings. The van der Waals surface area contributed by atoms with Crippen molar-refractivity contribution in [2.45, 2.75) is 48.8 Å². The molecule has 0 spiro atoms. The Hall–Kier alpha value is -3.54. The number of hydrogen-bond acceptors (Lipinski definition) is 6. The fourth-order valence-corrected chi connectivity index (χ4v) is 7.20. The van der Waals surface area contributed by atoms with Gasteiger partial charge in [-0.3, -0.25) is 9.52 Å². The van der Waals surface area contributed by atoms with Crippen LogP contribution < -0.4 is 9.44 Å². The molecule has 1 fully saturated rings. The van der Waals surface area contributed by atoms with Crippen molar-refractivity contribution in [2.75, 3.05) is 0 Å². The SMILES string of the molecule is CC(C)c1ccc(S(=O)(=O)N[C@@H](Cc2ccc(C3CC(=O)NS3(=O)=O)cc2)c2nc3ccccc3[nH]2)cc1. The number of sulfonamides is 2. The maximum absolute atomic E-state index is 13.4. The van der Waals surface area contributed by atoms with Gasteiger partial charge in [-0.1, -0.05) is 62.4 Å². The van der Waals surface area contributed by atoms with Gasteiger partial charge >= 0.3 is 0 Å². The average molecular weight is 553 g/mol. The highest BCUT2D eigenvalue weighted by Gasteiger charge is 2.37. The Morgan fingerprint density at radius 3 is 2.29 bits per heavy atom. The van der Waals surface area contributed by atoms with Crippen LogP contribution in [0.2, 0.25) is 0 Å². The van der Waals surface area contributed by atoms with Crippen molar-refractivity contribution in [2.24, 2.45) is 0 Å². The third kappa shape index (κ3) is 5.35. The number of fused-ring (bicyclic) bond motifs is 1. The normalized spacial score (nSPS) is 18.1. The van der Waals surface area contributed by atoms with Gasteiger partial charge in [-0.2, -0.15) is 0 Å². The van der Waals surface area contributed by atoms with Crippen LogP contribution in [0, 0.1) is 0 Å². The fourth-order valence-electron chi connectivity index (χ4n) is 4.57. The molecule has 4 aromatic rings. The Kier molecular flexibility index (Phi) is 6.84. The van der Waals surface area contributed by atoms with Gasteiger partial charge < -0.3 is 4.98 Å². The lowest BCUT2D eigenvalue weighted by atomic mass is 10.0. The summed E-state index contributed by atoms with van der Waals surface area (Å²) in [6, 6.07) is 20.3. The molecule has 0 saturated carbocycles. The van der Waals surface area contributed by atoms with Crippen LogP contribution in [0.25, 0.3) is 11.0 Å². The molecule has 3 N–H and O–H groups in total. The Labute approximate surface area is 221 Å². The number of benzene rings is 3. The zero-order chi connectivity index (χ0) is 27.1.